The van der Waals surface area contributed by atoms with Crippen LogP contribution >= 0.6 is 0 Å². The molecule has 2 aromatic rings. The molecule has 0 spiro atoms. The van der Waals surface area contributed by atoms with Gasteiger partial charge in [0.05, 0.1) is 12.7 Å². The van der Waals surface area contributed by atoms with E-state index in [2.05, 4.69) is 9.97 Å². The van der Waals surface area contributed by atoms with Crippen molar-refractivity contribution in [3.63, 3.8) is 0 Å². The summed E-state index contributed by atoms with van der Waals surface area (Å²) in [6.07, 6.45) is 7.03. The maximum Gasteiger partial charge on any atom is 0.316 e. The Hall–Kier alpha value is -2.50. The molecule has 0 aliphatic carbocycles. The van der Waals surface area contributed by atoms with Crippen molar-refractivity contribution in [2.45, 2.75) is 25.7 Å². The highest BCUT2D eigenvalue weighted by atomic mass is 19.1. The quantitative estimate of drug-likeness (QED) is 0.837. The molecule has 1 aromatic carbocycles. The van der Waals surface area contributed by atoms with Crippen LogP contribution in [0.15, 0.2) is 36.7 Å². The van der Waals surface area contributed by atoms with Crippen molar-refractivity contribution in [3.8, 4) is 6.01 Å². The highest BCUT2D eigenvalue weighted by Gasteiger charge is 2.24. The van der Waals surface area contributed by atoms with Gasteiger partial charge in [-0.25, -0.2) is 14.4 Å². The Balaban J connectivity index is 1.56. The summed E-state index contributed by atoms with van der Waals surface area (Å²) in [7, 11) is 1.49. The first-order valence-electron chi connectivity index (χ1n) is 8.55. The topological polar surface area (TPSA) is 55.3 Å². The van der Waals surface area contributed by atoms with Crippen LogP contribution in [-0.2, 0) is 6.42 Å². The normalized spacial score (nSPS) is 17.4. The van der Waals surface area contributed by atoms with E-state index >= 15 is 0 Å². The Bertz CT molecular complexity index is 704. The molecule has 1 saturated heterocycles. The van der Waals surface area contributed by atoms with Crippen LogP contribution in [0.1, 0.15) is 35.2 Å². The number of benzene rings is 1. The van der Waals surface area contributed by atoms with Gasteiger partial charge in [0.2, 0.25) is 0 Å². The molecule has 5 nitrogen and oxygen atoms in total. The molecular weight excluding hydrogens is 321 g/mol. The first kappa shape index (κ1) is 17.3. The molecule has 1 atom stereocenters. The number of rotatable bonds is 5. The summed E-state index contributed by atoms with van der Waals surface area (Å²) < 4.78 is 17.9. The van der Waals surface area contributed by atoms with Gasteiger partial charge in [0.1, 0.15) is 5.82 Å². The predicted molar refractivity (Wildman–Crippen MR) is 91.9 cm³/mol. The maximum absolute atomic E-state index is 13.0. The fraction of sp³-hybridized carbons (Fsp3) is 0.421. The van der Waals surface area contributed by atoms with E-state index < -0.39 is 0 Å². The molecule has 1 aliphatic heterocycles. The maximum atomic E-state index is 13.0. The molecule has 0 N–H and O–H groups in total. The number of methoxy groups -OCH3 is 1. The zero-order valence-electron chi connectivity index (χ0n) is 14.3. The number of carbonyl (C=O) groups excluding carboxylic acids is 1. The fourth-order valence-corrected chi connectivity index (χ4v) is 3.22. The van der Waals surface area contributed by atoms with Gasteiger partial charge in [-0.3, -0.25) is 4.79 Å². The van der Waals surface area contributed by atoms with Crippen LogP contribution in [-0.4, -0.2) is 41.0 Å². The van der Waals surface area contributed by atoms with E-state index in [0.29, 0.717) is 11.5 Å². The van der Waals surface area contributed by atoms with E-state index in [1.54, 1.807) is 0 Å². The van der Waals surface area contributed by atoms with Crippen LogP contribution in [0.3, 0.4) is 0 Å². The van der Waals surface area contributed by atoms with Gasteiger partial charge in [-0.15, -0.1) is 0 Å². The monoisotopic (exact) mass is 343 g/mol. The summed E-state index contributed by atoms with van der Waals surface area (Å²) in [4.78, 5) is 22.5. The largest absolute Gasteiger partial charge is 0.467 e. The minimum absolute atomic E-state index is 0.0332. The number of hydrogen-bond donors (Lipinski definition) is 0. The highest BCUT2D eigenvalue weighted by Crippen LogP contribution is 2.23. The third kappa shape index (κ3) is 4.53. The molecule has 1 unspecified atom stereocenters. The van der Waals surface area contributed by atoms with Gasteiger partial charge >= 0.3 is 6.01 Å². The molecule has 1 amide bonds. The number of piperidine rings is 1. The zero-order valence-corrected chi connectivity index (χ0v) is 14.3. The number of nitrogens with zero attached hydrogens (tertiary/aromatic N) is 3. The molecule has 1 fully saturated rings. The average molecular weight is 343 g/mol. The highest BCUT2D eigenvalue weighted by molar-refractivity contribution is 5.93. The molecular formula is C19H22FN3O2. The number of halogens is 1. The van der Waals surface area contributed by atoms with Crippen LogP contribution in [0.5, 0.6) is 6.01 Å². The molecule has 3 rings (SSSR count). The number of aryl methyl sites for hydroxylation is 1. The standard InChI is InChI=1S/C19H22FN3O2/c1-25-19-21-11-16(12-22-19)18(24)23-10-2-3-15(13-23)5-4-14-6-8-17(20)9-7-14/h6-9,11-12,15H,2-5,10,13H2,1H3. The lowest BCUT2D eigenvalue weighted by Crippen LogP contribution is -2.40. The van der Waals surface area contributed by atoms with Crippen molar-refractivity contribution in [3.05, 3.63) is 53.6 Å². The Morgan fingerprint density at radius 2 is 2.00 bits per heavy atom. The third-order valence-electron chi connectivity index (χ3n) is 4.62. The molecule has 0 saturated carbocycles. The van der Waals surface area contributed by atoms with Gasteiger partial charge < -0.3 is 9.64 Å². The fourth-order valence-electron chi connectivity index (χ4n) is 3.22. The van der Waals surface area contributed by atoms with Crippen LogP contribution < -0.4 is 4.74 Å². The molecule has 0 radical (unpaired) electrons. The lowest BCUT2D eigenvalue weighted by Gasteiger charge is -2.32. The van der Waals surface area contributed by atoms with Crippen LogP contribution in [0.25, 0.3) is 0 Å². The summed E-state index contributed by atoms with van der Waals surface area (Å²) >= 11 is 0. The van der Waals surface area contributed by atoms with E-state index in [1.807, 2.05) is 17.0 Å². The Kier molecular flexibility index (Phi) is 5.58. The second kappa shape index (κ2) is 8.05. The Labute approximate surface area is 146 Å². The van der Waals surface area contributed by atoms with E-state index in [1.165, 1.54) is 31.6 Å². The Morgan fingerprint density at radius 1 is 1.28 bits per heavy atom. The van der Waals surface area contributed by atoms with E-state index in [-0.39, 0.29) is 17.7 Å². The van der Waals surface area contributed by atoms with Gasteiger partial charge in [-0.2, -0.15) is 0 Å². The number of likely N-dealkylation sites (tertiary alicyclic amines) is 1. The minimum atomic E-state index is -0.208. The molecule has 2 heterocycles. The van der Waals surface area contributed by atoms with Crippen molar-refractivity contribution in [1.29, 1.82) is 0 Å². The summed E-state index contributed by atoms with van der Waals surface area (Å²) in [6.45, 7) is 1.50. The summed E-state index contributed by atoms with van der Waals surface area (Å²) in [6, 6.07) is 6.91. The van der Waals surface area contributed by atoms with Crippen LogP contribution in [0, 0.1) is 11.7 Å². The van der Waals surface area contributed by atoms with Crippen molar-refractivity contribution in [2.75, 3.05) is 20.2 Å². The molecule has 6 heteroatoms. The number of amides is 1. The number of hydrogen-bond acceptors (Lipinski definition) is 4. The van der Waals surface area contributed by atoms with Gasteiger partial charge in [-0.05, 0) is 49.3 Å². The lowest BCUT2D eigenvalue weighted by molar-refractivity contribution is 0.0667. The zero-order chi connectivity index (χ0) is 17.6. The van der Waals surface area contributed by atoms with Crippen molar-refractivity contribution >= 4 is 5.91 Å². The van der Waals surface area contributed by atoms with Crippen molar-refractivity contribution in [2.24, 2.45) is 5.92 Å². The second-order valence-corrected chi connectivity index (χ2v) is 6.38. The van der Waals surface area contributed by atoms with Gasteiger partial charge in [0.15, 0.2) is 0 Å². The number of carbonyl (C=O) groups is 1. The minimum Gasteiger partial charge on any atom is -0.467 e. The van der Waals surface area contributed by atoms with Crippen molar-refractivity contribution < 1.29 is 13.9 Å². The second-order valence-electron chi connectivity index (χ2n) is 6.38. The molecule has 1 aromatic heterocycles. The number of ether oxygens (including phenoxy) is 1. The summed E-state index contributed by atoms with van der Waals surface area (Å²) in [5.41, 5.74) is 1.62. The molecule has 1 aliphatic rings. The Morgan fingerprint density at radius 3 is 2.68 bits per heavy atom. The SMILES string of the molecule is COc1ncc(C(=O)N2CCCC(CCc3ccc(F)cc3)C2)cn1. The van der Waals surface area contributed by atoms with E-state index in [4.69, 9.17) is 4.74 Å². The van der Waals surface area contributed by atoms with Gasteiger partial charge in [0.25, 0.3) is 5.91 Å². The van der Waals surface area contributed by atoms with E-state index in [0.717, 1.165) is 44.3 Å². The molecule has 25 heavy (non-hydrogen) atoms. The summed E-state index contributed by atoms with van der Waals surface area (Å²) in [5.74, 6) is 0.218. The lowest BCUT2D eigenvalue weighted by atomic mass is 9.91. The smallest absolute Gasteiger partial charge is 0.316 e. The first-order valence-corrected chi connectivity index (χ1v) is 8.55. The van der Waals surface area contributed by atoms with Gasteiger partial charge in [-0.1, -0.05) is 12.1 Å². The molecule has 132 valence electrons. The predicted octanol–water partition coefficient (Wildman–Crippen LogP) is 3.11. The average Bonchev–Trinajstić information content (AvgIpc) is 2.67. The first-order chi connectivity index (χ1) is 12.2. The third-order valence-corrected chi connectivity index (χ3v) is 4.62. The van der Waals surface area contributed by atoms with E-state index in [9.17, 15) is 9.18 Å². The van der Waals surface area contributed by atoms with Crippen LogP contribution in [0.2, 0.25) is 0 Å². The number of aromatic nitrogens is 2. The molecule has 0 bridgehead atoms. The van der Waals surface area contributed by atoms with Crippen LogP contribution in [0.4, 0.5) is 4.39 Å². The summed E-state index contributed by atoms with van der Waals surface area (Å²) in [5, 5.41) is 0. The van der Waals surface area contributed by atoms with Gasteiger partial charge in [0, 0.05) is 25.5 Å². The van der Waals surface area contributed by atoms with Crippen molar-refractivity contribution in [1.82, 2.24) is 14.9 Å².